The molecule has 0 fully saturated rings. The molecule has 0 radical (unpaired) electrons. The van der Waals surface area contributed by atoms with E-state index >= 15 is 0 Å². The number of anilines is 3. The quantitative estimate of drug-likeness (QED) is 0.735. The van der Waals surface area contributed by atoms with Gasteiger partial charge in [-0.15, -0.1) is 0 Å². The molecule has 2 heterocycles. The van der Waals surface area contributed by atoms with Crippen molar-refractivity contribution in [3.8, 4) is 11.3 Å². The molecule has 6 heteroatoms. The van der Waals surface area contributed by atoms with Crippen LogP contribution in [0.5, 0.6) is 0 Å². The molecule has 0 bridgehead atoms. The molecule has 3 rings (SSSR count). The Bertz CT molecular complexity index is 821. The number of nitrogens with one attached hydrogen (secondary N) is 2. The number of aromatic nitrogens is 3. The molecule has 0 aliphatic heterocycles. The van der Waals surface area contributed by atoms with Gasteiger partial charge in [-0.25, -0.2) is 9.37 Å². The summed E-state index contributed by atoms with van der Waals surface area (Å²) in [6, 6.07) is 12.0. The minimum atomic E-state index is -0.302. The molecule has 3 aromatic rings. The summed E-state index contributed by atoms with van der Waals surface area (Å²) in [5.74, 6) is 0.799. The van der Waals surface area contributed by atoms with E-state index in [1.54, 1.807) is 24.5 Å². The summed E-state index contributed by atoms with van der Waals surface area (Å²) in [4.78, 5) is 13.0. The van der Waals surface area contributed by atoms with Crippen molar-refractivity contribution in [3.63, 3.8) is 0 Å². The van der Waals surface area contributed by atoms with Gasteiger partial charge in [-0.1, -0.05) is 6.07 Å². The Kier molecular flexibility index (Phi) is 4.65. The van der Waals surface area contributed by atoms with Gasteiger partial charge in [-0.2, -0.15) is 4.98 Å². The molecule has 0 amide bonds. The van der Waals surface area contributed by atoms with Gasteiger partial charge in [0.1, 0.15) is 11.6 Å². The molecule has 0 saturated heterocycles. The molecule has 5 nitrogen and oxygen atoms in total. The summed E-state index contributed by atoms with van der Waals surface area (Å²) in [6.45, 7) is 4.03. The Hall–Kier alpha value is -3.02. The van der Waals surface area contributed by atoms with Gasteiger partial charge in [0.2, 0.25) is 5.95 Å². The first kappa shape index (κ1) is 15.9. The van der Waals surface area contributed by atoms with Crippen LogP contribution in [0.2, 0.25) is 0 Å². The van der Waals surface area contributed by atoms with Gasteiger partial charge in [0.05, 0.1) is 5.69 Å². The molecule has 24 heavy (non-hydrogen) atoms. The summed E-state index contributed by atoms with van der Waals surface area (Å²) in [6.07, 6.45) is 3.43. The van der Waals surface area contributed by atoms with Crippen molar-refractivity contribution in [2.45, 2.75) is 19.9 Å². The Morgan fingerprint density at radius 2 is 1.79 bits per heavy atom. The van der Waals surface area contributed by atoms with E-state index in [2.05, 4.69) is 25.6 Å². The highest BCUT2D eigenvalue weighted by Crippen LogP contribution is 2.23. The molecular formula is C18H18FN5. The maximum Gasteiger partial charge on any atom is 0.225 e. The minimum absolute atomic E-state index is 0.194. The van der Waals surface area contributed by atoms with Crippen LogP contribution >= 0.6 is 0 Å². The lowest BCUT2D eigenvalue weighted by Crippen LogP contribution is -2.13. The van der Waals surface area contributed by atoms with Gasteiger partial charge in [-0.3, -0.25) is 4.98 Å². The normalized spacial score (nSPS) is 10.7. The largest absolute Gasteiger partial charge is 0.352 e. The second-order valence-corrected chi connectivity index (χ2v) is 5.63. The van der Waals surface area contributed by atoms with Crippen LogP contribution in [0.1, 0.15) is 13.8 Å². The SMILES string of the molecule is CC(C)Nc1nc(Nc2cccc(F)c2)cc(-c2ccncc2)n1. The zero-order valence-corrected chi connectivity index (χ0v) is 13.5. The van der Waals surface area contributed by atoms with Crippen molar-refractivity contribution >= 4 is 17.5 Å². The molecule has 1 aromatic carbocycles. The molecular weight excluding hydrogens is 305 g/mol. The average Bonchev–Trinajstić information content (AvgIpc) is 2.55. The predicted molar refractivity (Wildman–Crippen MR) is 93.7 cm³/mol. The fourth-order valence-electron chi connectivity index (χ4n) is 2.22. The van der Waals surface area contributed by atoms with Crippen molar-refractivity contribution in [1.82, 2.24) is 15.0 Å². The highest BCUT2D eigenvalue weighted by molar-refractivity contribution is 5.67. The third kappa shape index (κ3) is 4.04. The number of halogens is 1. The van der Waals surface area contributed by atoms with Crippen molar-refractivity contribution in [1.29, 1.82) is 0 Å². The lowest BCUT2D eigenvalue weighted by atomic mass is 10.2. The van der Waals surface area contributed by atoms with Gasteiger partial charge >= 0.3 is 0 Å². The van der Waals surface area contributed by atoms with Gasteiger partial charge in [-0.05, 0) is 44.2 Å². The first-order chi connectivity index (χ1) is 11.6. The Balaban J connectivity index is 1.98. The van der Waals surface area contributed by atoms with Gasteiger partial charge in [0, 0.05) is 35.8 Å². The van der Waals surface area contributed by atoms with Crippen molar-refractivity contribution < 1.29 is 4.39 Å². The van der Waals surface area contributed by atoms with E-state index in [9.17, 15) is 4.39 Å². The van der Waals surface area contributed by atoms with E-state index in [1.165, 1.54) is 12.1 Å². The highest BCUT2D eigenvalue weighted by Gasteiger charge is 2.08. The van der Waals surface area contributed by atoms with Gasteiger partial charge in [0.15, 0.2) is 0 Å². The fraction of sp³-hybridized carbons (Fsp3) is 0.167. The average molecular weight is 323 g/mol. The number of benzene rings is 1. The molecule has 2 N–H and O–H groups in total. The van der Waals surface area contributed by atoms with Crippen LogP contribution in [0.15, 0.2) is 54.9 Å². The molecule has 2 aromatic heterocycles. The summed E-state index contributed by atoms with van der Waals surface area (Å²) in [7, 11) is 0. The van der Waals surface area contributed by atoms with Crippen LogP contribution in [0.25, 0.3) is 11.3 Å². The van der Waals surface area contributed by atoms with Crippen molar-refractivity contribution in [2.24, 2.45) is 0 Å². The maximum atomic E-state index is 13.4. The lowest BCUT2D eigenvalue weighted by Gasteiger charge is -2.13. The summed E-state index contributed by atoms with van der Waals surface area (Å²) >= 11 is 0. The fourth-order valence-corrected chi connectivity index (χ4v) is 2.22. The molecule has 0 aliphatic rings. The minimum Gasteiger partial charge on any atom is -0.352 e. The number of rotatable bonds is 5. The second-order valence-electron chi connectivity index (χ2n) is 5.63. The summed E-state index contributed by atoms with van der Waals surface area (Å²) in [5.41, 5.74) is 2.32. The molecule has 0 spiro atoms. The third-order valence-corrected chi connectivity index (χ3v) is 3.22. The standard InChI is InChI=1S/C18H18FN5/c1-12(2)21-18-23-16(13-6-8-20-9-7-13)11-17(24-18)22-15-5-3-4-14(19)10-15/h3-12H,1-2H3,(H2,21,22,23,24). The Labute approximate surface area is 140 Å². The van der Waals surface area contributed by atoms with Gasteiger partial charge < -0.3 is 10.6 Å². The number of pyridine rings is 1. The molecule has 0 saturated carbocycles. The first-order valence-electron chi connectivity index (χ1n) is 7.69. The van der Waals surface area contributed by atoms with E-state index in [4.69, 9.17) is 0 Å². The third-order valence-electron chi connectivity index (χ3n) is 3.22. The van der Waals surface area contributed by atoms with E-state index in [0.29, 0.717) is 17.5 Å². The van der Waals surface area contributed by atoms with Crippen LogP contribution in [0, 0.1) is 5.82 Å². The maximum absolute atomic E-state index is 13.4. The Morgan fingerprint density at radius 3 is 2.50 bits per heavy atom. The van der Waals surface area contributed by atoms with Gasteiger partial charge in [0.25, 0.3) is 0 Å². The predicted octanol–water partition coefficient (Wildman–Crippen LogP) is 4.24. The van der Waals surface area contributed by atoms with E-state index in [0.717, 1.165) is 11.3 Å². The van der Waals surface area contributed by atoms with Crippen LogP contribution in [0.4, 0.5) is 21.8 Å². The molecule has 0 atom stereocenters. The number of hydrogen-bond donors (Lipinski definition) is 2. The topological polar surface area (TPSA) is 62.7 Å². The van der Waals surface area contributed by atoms with Crippen LogP contribution in [0.3, 0.4) is 0 Å². The van der Waals surface area contributed by atoms with Crippen LogP contribution in [-0.4, -0.2) is 21.0 Å². The Morgan fingerprint density at radius 1 is 1.00 bits per heavy atom. The number of nitrogens with zero attached hydrogens (tertiary/aromatic N) is 3. The zero-order valence-electron chi connectivity index (χ0n) is 13.5. The molecule has 0 unspecified atom stereocenters. The van der Waals surface area contributed by atoms with Crippen LogP contribution < -0.4 is 10.6 Å². The smallest absolute Gasteiger partial charge is 0.225 e. The first-order valence-corrected chi connectivity index (χ1v) is 7.69. The molecule has 0 aliphatic carbocycles. The monoisotopic (exact) mass is 323 g/mol. The molecule has 122 valence electrons. The van der Waals surface area contributed by atoms with Crippen LogP contribution in [-0.2, 0) is 0 Å². The lowest BCUT2D eigenvalue weighted by molar-refractivity contribution is 0.628. The van der Waals surface area contributed by atoms with E-state index in [-0.39, 0.29) is 11.9 Å². The summed E-state index contributed by atoms with van der Waals surface area (Å²) < 4.78 is 13.4. The number of hydrogen-bond acceptors (Lipinski definition) is 5. The zero-order chi connectivity index (χ0) is 16.9. The second kappa shape index (κ2) is 7.04. The van der Waals surface area contributed by atoms with E-state index in [1.807, 2.05) is 32.0 Å². The highest BCUT2D eigenvalue weighted by atomic mass is 19.1. The van der Waals surface area contributed by atoms with Crippen molar-refractivity contribution in [3.05, 3.63) is 60.7 Å². The van der Waals surface area contributed by atoms with Crippen molar-refractivity contribution in [2.75, 3.05) is 10.6 Å². The summed E-state index contributed by atoms with van der Waals surface area (Å²) in [5, 5.41) is 6.32. The van der Waals surface area contributed by atoms with E-state index < -0.39 is 0 Å².